The fourth-order valence-corrected chi connectivity index (χ4v) is 2.32. The average molecular weight is 228 g/mol. The third-order valence-corrected chi connectivity index (χ3v) is 3.49. The van der Waals surface area contributed by atoms with Crippen molar-refractivity contribution in [2.75, 3.05) is 52.5 Å². The molecule has 0 aliphatic carbocycles. The highest BCUT2D eigenvalue weighted by molar-refractivity contribution is 4.71. The molecule has 0 aromatic carbocycles. The van der Waals surface area contributed by atoms with Crippen LogP contribution >= 0.6 is 0 Å². The molecule has 4 heteroatoms. The van der Waals surface area contributed by atoms with Gasteiger partial charge in [-0.1, -0.05) is 6.92 Å². The van der Waals surface area contributed by atoms with Crippen molar-refractivity contribution in [1.29, 1.82) is 0 Å². The third-order valence-electron chi connectivity index (χ3n) is 3.49. The summed E-state index contributed by atoms with van der Waals surface area (Å²) in [5, 5.41) is 0. The fraction of sp³-hybridized carbons (Fsp3) is 1.00. The van der Waals surface area contributed by atoms with E-state index in [1.165, 1.54) is 32.7 Å². The largest absolute Gasteiger partial charge is 0.353 e. The van der Waals surface area contributed by atoms with E-state index in [4.69, 9.17) is 9.47 Å². The molecule has 2 aliphatic heterocycles. The maximum atomic E-state index is 5.55. The Morgan fingerprint density at radius 3 is 2.25 bits per heavy atom. The Morgan fingerprint density at radius 1 is 1.00 bits per heavy atom. The minimum absolute atomic E-state index is 0.0537. The molecule has 4 nitrogen and oxygen atoms in total. The van der Waals surface area contributed by atoms with Gasteiger partial charge in [-0.05, 0) is 13.0 Å². The summed E-state index contributed by atoms with van der Waals surface area (Å²) < 4.78 is 11.1. The first-order valence-electron chi connectivity index (χ1n) is 6.56. The van der Waals surface area contributed by atoms with E-state index in [2.05, 4.69) is 16.7 Å². The molecule has 0 radical (unpaired) electrons. The Kier molecular flexibility index (Phi) is 5.03. The number of hydrogen-bond acceptors (Lipinski definition) is 4. The summed E-state index contributed by atoms with van der Waals surface area (Å²) in [6.07, 6.45) is 2.12. The quantitative estimate of drug-likeness (QED) is 0.710. The molecule has 0 spiro atoms. The van der Waals surface area contributed by atoms with Crippen LogP contribution in [0.15, 0.2) is 0 Å². The van der Waals surface area contributed by atoms with Gasteiger partial charge in [0.2, 0.25) is 0 Å². The monoisotopic (exact) mass is 228 g/mol. The van der Waals surface area contributed by atoms with E-state index in [1.807, 2.05) is 0 Å². The Labute approximate surface area is 98.5 Å². The molecular formula is C12H24N2O2. The van der Waals surface area contributed by atoms with E-state index in [0.29, 0.717) is 0 Å². The van der Waals surface area contributed by atoms with Gasteiger partial charge in [-0.15, -0.1) is 0 Å². The zero-order chi connectivity index (χ0) is 11.2. The van der Waals surface area contributed by atoms with Crippen LogP contribution in [0.2, 0.25) is 0 Å². The lowest BCUT2D eigenvalue weighted by Crippen LogP contribution is -2.47. The van der Waals surface area contributed by atoms with Gasteiger partial charge in [-0.2, -0.15) is 0 Å². The first-order chi connectivity index (χ1) is 7.88. The fourth-order valence-electron chi connectivity index (χ4n) is 2.32. The zero-order valence-corrected chi connectivity index (χ0v) is 10.4. The first-order valence-corrected chi connectivity index (χ1v) is 6.56. The molecule has 0 unspecified atom stereocenters. The molecule has 2 aliphatic rings. The molecule has 0 atom stereocenters. The van der Waals surface area contributed by atoms with Crippen molar-refractivity contribution in [3.05, 3.63) is 0 Å². The average Bonchev–Trinajstić information content (AvgIpc) is 2.38. The van der Waals surface area contributed by atoms with E-state index < -0.39 is 0 Å². The molecule has 0 amide bonds. The Bertz CT molecular complexity index is 187. The van der Waals surface area contributed by atoms with Gasteiger partial charge < -0.3 is 19.3 Å². The van der Waals surface area contributed by atoms with Crippen molar-refractivity contribution >= 4 is 0 Å². The van der Waals surface area contributed by atoms with Crippen molar-refractivity contribution in [2.45, 2.75) is 26.1 Å². The highest BCUT2D eigenvalue weighted by Crippen LogP contribution is 2.10. The maximum Gasteiger partial charge on any atom is 0.158 e. The second-order valence-electron chi connectivity index (χ2n) is 4.59. The van der Waals surface area contributed by atoms with Crippen LogP contribution in [0.1, 0.15) is 19.8 Å². The number of piperazine rings is 1. The predicted octanol–water partition coefficient (Wildman–Crippen LogP) is 0.777. The summed E-state index contributed by atoms with van der Waals surface area (Å²) in [4.78, 5) is 5.03. The van der Waals surface area contributed by atoms with Crippen molar-refractivity contribution in [3.63, 3.8) is 0 Å². The van der Waals surface area contributed by atoms with E-state index >= 15 is 0 Å². The third kappa shape index (κ3) is 3.70. The van der Waals surface area contributed by atoms with Crippen LogP contribution in [0.5, 0.6) is 0 Å². The Morgan fingerprint density at radius 2 is 1.62 bits per heavy atom. The molecule has 94 valence electrons. The number of ether oxygens (including phenoxy) is 2. The van der Waals surface area contributed by atoms with Crippen LogP contribution in [-0.2, 0) is 9.47 Å². The van der Waals surface area contributed by atoms with Crippen LogP contribution in [-0.4, -0.2) is 68.6 Å². The zero-order valence-electron chi connectivity index (χ0n) is 10.4. The number of rotatable bonds is 4. The summed E-state index contributed by atoms with van der Waals surface area (Å²) >= 11 is 0. The highest BCUT2D eigenvalue weighted by Gasteiger charge is 2.18. The molecule has 0 N–H and O–H groups in total. The Balaban J connectivity index is 1.59. The van der Waals surface area contributed by atoms with Gasteiger partial charge in [0.25, 0.3) is 0 Å². The van der Waals surface area contributed by atoms with Gasteiger partial charge in [0.15, 0.2) is 6.29 Å². The SMILES string of the molecule is CCN1CCN(CCC2OCCCO2)CC1. The lowest BCUT2D eigenvalue weighted by Gasteiger charge is -2.35. The van der Waals surface area contributed by atoms with Crippen molar-refractivity contribution in [2.24, 2.45) is 0 Å². The number of nitrogens with zero attached hydrogens (tertiary/aromatic N) is 2. The normalized spacial score (nSPS) is 26.1. The highest BCUT2D eigenvalue weighted by atomic mass is 16.7. The van der Waals surface area contributed by atoms with E-state index in [9.17, 15) is 0 Å². The van der Waals surface area contributed by atoms with Crippen molar-refractivity contribution in [3.8, 4) is 0 Å². The minimum atomic E-state index is 0.0537. The maximum absolute atomic E-state index is 5.55. The van der Waals surface area contributed by atoms with Crippen LogP contribution in [0.3, 0.4) is 0 Å². The molecule has 2 saturated heterocycles. The molecular weight excluding hydrogens is 204 g/mol. The van der Waals surface area contributed by atoms with E-state index in [1.54, 1.807) is 0 Å². The summed E-state index contributed by atoms with van der Waals surface area (Å²) in [6.45, 7) is 11.1. The predicted molar refractivity (Wildman–Crippen MR) is 63.5 cm³/mol. The van der Waals surface area contributed by atoms with Gasteiger partial charge in [-0.25, -0.2) is 0 Å². The molecule has 0 bridgehead atoms. The molecule has 0 saturated carbocycles. The van der Waals surface area contributed by atoms with Gasteiger partial charge in [0.05, 0.1) is 13.2 Å². The molecule has 0 aromatic heterocycles. The number of hydrogen-bond donors (Lipinski definition) is 0. The molecule has 2 heterocycles. The van der Waals surface area contributed by atoms with Gasteiger partial charge in [-0.3, -0.25) is 0 Å². The molecule has 2 rings (SSSR count). The minimum Gasteiger partial charge on any atom is -0.353 e. The first kappa shape index (κ1) is 12.3. The van der Waals surface area contributed by atoms with Gasteiger partial charge >= 0.3 is 0 Å². The molecule has 2 fully saturated rings. The van der Waals surface area contributed by atoms with Crippen molar-refractivity contribution in [1.82, 2.24) is 9.80 Å². The van der Waals surface area contributed by atoms with Gasteiger partial charge in [0, 0.05) is 39.1 Å². The summed E-state index contributed by atoms with van der Waals surface area (Å²) in [7, 11) is 0. The van der Waals surface area contributed by atoms with E-state index in [0.717, 1.165) is 32.6 Å². The lowest BCUT2D eigenvalue weighted by atomic mass is 10.3. The summed E-state index contributed by atoms with van der Waals surface area (Å²) in [5.74, 6) is 0. The summed E-state index contributed by atoms with van der Waals surface area (Å²) in [5.41, 5.74) is 0. The molecule has 0 aromatic rings. The molecule has 16 heavy (non-hydrogen) atoms. The van der Waals surface area contributed by atoms with Crippen LogP contribution in [0, 0.1) is 0 Å². The van der Waals surface area contributed by atoms with E-state index in [-0.39, 0.29) is 6.29 Å². The second-order valence-corrected chi connectivity index (χ2v) is 4.59. The van der Waals surface area contributed by atoms with Crippen LogP contribution < -0.4 is 0 Å². The standard InChI is InChI=1S/C12H24N2O2/c1-2-13-6-8-14(9-7-13)5-4-12-15-10-3-11-16-12/h12H,2-11H2,1H3. The summed E-state index contributed by atoms with van der Waals surface area (Å²) in [6, 6.07) is 0. The van der Waals surface area contributed by atoms with Gasteiger partial charge in [0.1, 0.15) is 0 Å². The topological polar surface area (TPSA) is 24.9 Å². The van der Waals surface area contributed by atoms with Crippen LogP contribution in [0.4, 0.5) is 0 Å². The second kappa shape index (κ2) is 6.55. The lowest BCUT2D eigenvalue weighted by molar-refractivity contribution is -0.183. The Hall–Kier alpha value is -0.160. The van der Waals surface area contributed by atoms with Crippen LogP contribution in [0.25, 0.3) is 0 Å². The number of likely N-dealkylation sites (N-methyl/N-ethyl adjacent to an activating group) is 1. The smallest absolute Gasteiger partial charge is 0.158 e. The van der Waals surface area contributed by atoms with Crippen molar-refractivity contribution < 1.29 is 9.47 Å².